The third-order valence-corrected chi connectivity index (χ3v) is 6.84. The summed E-state index contributed by atoms with van der Waals surface area (Å²) in [5.74, 6) is -0.0243. The molecule has 1 aromatic carbocycles. The maximum Gasteiger partial charge on any atom is 0.321 e. The van der Waals surface area contributed by atoms with Gasteiger partial charge in [-0.05, 0) is 26.0 Å². The highest BCUT2D eigenvalue weighted by molar-refractivity contribution is 7.92. The van der Waals surface area contributed by atoms with Crippen LogP contribution in [0.4, 0.5) is 16.2 Å². The Morgan fingerprint density at radius 1 is 1.35 bits per heavy atom. The van der Waals surface area contributed by atoms with Gasteiger partial charge in [0.25, 0.3) is 0 Å². The highest BCUT2D eigenvalue weighted by Crippen LogP contribution is 2.33. The number of rotatable bonds is 2. The Kier molecular flexibility index (Phi) is 4.82. The molecule has 1 N–H and O–H groups in total. The van der Waals surface area contributed by atoms with Gasteiger partial charge in [-0.25, -0.2) is 13.2 Å². The molecule has 0 unspecified atom stereocenters. The van der Waals surface area contributed by atoms with Crippen LogP contribution in [0.3, 0.4) is 0 Å². The summed E-state index contributed by atoms with van der Waals surface area (Å²) in [4.78, 5) is 15.9. The first-order valence-corrected chi connectivity index (χ1v) is 9.32. The monoisotopic (exact) mass is 359 g/mol. The van der Waals surface area contributed by atoms with Gasteiger partial charge in [0.1, 0.15) is 0 Å². The lowest BCUT2D eigenvalue weighted by molar-refractivity contribution is 0.206. The number of hydrogen-bond acceptors (Lipinski definition) is 4. The Labute approximate surface area is 142 Å². The lowest BCUT2D eigenvalue weighted by Crippen LogP contribution is -2.55. The predicted octanol–water partition coefficient (Wildman–Crippen LogP) is 2.45. The first-order chi connectivity index (χ1) is 10.5. The molecule has 0 radical (unpaired) electrons. The Morgan fingerprint density at radius 2 is 2.00 bits per heavy atom. The molecule has 8 heteroatoms. The molecule has 1 aliphatic rings. The van der Waals surface area contributed by atoms with Crippen molar-refractivity contribution in [1.82, 2.24) is 4.90 Å². The molecule has 0 saturated carbocycles. The number of sulfone groups is 1. The summed E-state index contributed by atoms with van der Waals surface area (Å²) in [5.41, 5.74) is 1.31. The number of carbonyl (C=O) groups is 1. The fourth-order valence-electron chi connectivity index (χ4n) is 2.58. The smallest absolute Gasteiger partial charge is 0.321 e. The van der Waals surface area contributed by atoms with Gasteiger partial charge in [0.2, 0.25) is 0 Å². The third kappa shape index (κ3) is 3.55. The molecule has 2 rings (SSSR count). The van der Waals surface area contributed by atoms with E-state index in [1.165, 1.54) is 4.90 Å². The minimum atomic E-state index is -3.18. The molecule has 0 aliphatic carbocycles. The zero-order chi connectivity index (χ0) is 17.4. The zero-order valence-electron chi connectivity index (χ0n) is 13.8. The molecule has 0 bridgehead atoms. The van der Waals surface area contributed by atoms with E-state index >= 15 is 0 Å². The second kappa shape index (κ2) is 6.20. The highest BCUT2D eigenvalue weighted by atomic mass is 35.5. The van der Waals surface area contributed by atoms with Crippen molar-refractivity contribution in [3.63, 3.8) is 0 Å². The second-order valence-corrected chi connectivity index (χ2v) is 9.61. The molecule has 23 heavy (non-hydrogen) atoms. The maximum absolute atomic E-state index is 12.5. The number of anilines is 2. The van der Waals surface area contributed by atoms with Crippen LogP contribution in [0.1, 0.15) is 13.8 Å². The van der Waals surface area contributed by atoms with Crippen molar-refractivity contribution in [3.8, 4) is 0 Å². The highest BCUT2D eigenvalue weighted by Gasteiger charge is 2.41. The van der Waals surface area contributed by atoms with Gasteiger partial charge in [0.15, 0.2) is 9.84 Å². The number of carbonyl (C=O) groups excluding carboxylic acids is 1. The van der Waals surface area contributed by atoms with E-state index < -0.39 is 14.6 Å². The van der Waals surface area contributed by atoms with Gasteiger partial charge in [0.05, 0.1) is 26.9 Å². The summed E-state index contributed by atoms with van der Waals surface area (Å²) in [6, 6.07) is 4.96. The molecule has 0 spiro atoms. The van der Waals surface area contributed by atoms with Crippen molar-refractivity contribution < 1.29 is 13.2 Å². The van der Waals surface area contributed by atoms with E-state index in [0.29, 0.717) is 16.4 Å². The number of benzene rings is 1. The number of urea groups is 1. The van der Waals surface area contributed by atoms with Gasteiger partial charge >= 0.3 is 6.03 Å². The van der Waals surface area contributed by atoms with Crippen LogP contribution in [0.2, 0.25) is 5.02 Å². The molecule has 1 fully saturated rings. The van der Waals surface area contributed by atoms with Crippen molar-refractivity contribution in [2.24, 2.45) is 0 Å². The lowest BCUT2D eigenvalue weighted by atomic mass is 10.2. The minimum Gasteiger partial charge on any atom is -0.375 e. The van der Waals surface area contributed by atoms with E-state index in [9.17, 15) is 13.2 Å². The first-order valence-electron chi connectivity index (χ1n) is 7.29. The van der Waals surface area contributed by atoms with E-state index in [0.717, 1.165) is 0 Å². The molecule has 1 saturated heterocycles. The number of amides is 2. The molecule has 1 aromatic rings. The summed E-state index contributed by atoms with van der Waals surface area (Å²) in [7, 11) is 0.502. The van der Waals surface area contributed by atoms with Gasteiger partial charge < -0.3 is 15.1 Å². The molecular weight excluding hydrogens is 338 g/mol. The SMILES string of the molecule is CN(C)c1c(Cl)cccc1NC(=O)N1CCS(=O)(=O)C(C)(C)C1. The molecule has 128 valence electrons. The third-order valence-electron chi connectivity index (χ3n) is 4.01. The average Bonchev–Trinajstić information content (AvgIpc) is 2.41. The molecule has 2 amide bonds. The summed E-state index contributed by atoms with van der Waals surface area (Å²) in [5, 5.41) is 3.37. The standard InChI is InChI=1S/C15H22ClN3O3S/c1-15(2)10-19(8-9-23(15,21)22)14(20)17-12-7-5-6-11(16)13(12)18(3)4/h5-7H,8-10H2,1-4H3,(H,17,20). The Morgan fingerprint density at radius 3 is 2.57 bits per heavy atom. The first kappa shape index (κ1) is 17.9. The molecule has 1 heterocycles. The van der Waals surface area contributed by atoms with Crippen molar-refractivity contribution in [3.05, 3.63) is 23.2 Å². The van der Waals surface area contributed by atoms with Crippen molar-refractivity contribution in [1.29, 1.82) is 0 Å². The normalized spacial score (nSPS) is 19.3. The molecule has 0 aromatic heterocycles. The van der Waals surface area contributed by atoms with Gasteiger partial charge in [-0.2, -0.15) is 0 Å². The number of para-hydroxylation sites is 1. The summed E-state index contributed by atoms with van der Waals surface area (Å²) < 4.78 is 23.1. The Bertz CT molecular complexity index is 717. The topological polar surface area (TPSA) is 69.7 Å². The van der Waals surface area contributed by atoms with E-state index in [2.05, 4.69) is 5.32 Å². The molecule has 6 nitrogen and oxygen atoms in total. The predicted molar refractivity (Wildman–Crippen MR) is 94.2 cm³/mol. The Balaban J connectivity index is 2.20. The molecular formula is C15H22ClN3O3S. The van der Waals surface area contributed by atoms with Crippen LogP contribution in [0.25, 0.3) is 0 Å². The zero-order valence-corrected chi connectivity index (χ0v) is 15.3. The minimum absolute atomic E-state index is 0.0243. The maximum atomic E-state index is 12.5. The number of nitrogens with zero attached hydrogens (tertiary/aromatic N) is 2. The van der Waals surface area contributed by atoms with E-state index in [-0.39, 0.29) is 24.9 Å². The van der Waals surface area contributed by atoms with Crippen LogP contribution in [0.15, 0.2) is 18.2 Å². The van der Waals surface area contributed by atoms with E-state index in [1.54, 1.807) is 32.0 Å². The Hall–Kier alpha value is -1.47. The van der Waals surface area contributed by atoms with Crippen LogP contribution >= 0.6 is 11.6 Å². The van der Waals surface area contributed by atoms with Gasteiger partial charge in [-0.1, -0.05) is 17.7 Å². The fourth-order valence-corrected chi connectivity index (χ4v) is 4.29. The summed E-state index contributed by atoms with van der Waals surface area (Å²) >= 11 is 6.19. The van der Waals surface area contributed by atoms with Crippen LogP contribution in [0.5, 0.6) is 0 Å². The second-order valence-electron chi connectivity index (χ2n) is 6.46. The van der Waals surface area contributed by atoms with Gasteiger partial charge in [-0.3, -0.25) is 0 Å². The quantitative estimate of drug-likeness (QED) is 0.880. The average molecular weight is 360 g/mol. The summed E-state index contributed by atoms with van der Waals surface area (Å²) in [6.45, 7) is 3.65. The molecule has 1 aliphatic heterocycles. The van der Waals surface area contributed by atoms with E-state index in [1.807, 2.05) is 19.0 Å². The van der Waals surface area contributed by atoms with Gasteiger partial charge in [-0.15, -0.1) is 0 Å². The van der Waals surface area contributed by atoms with Crippen LogP contribution in [-0.4, -0.2) is 57.0 Å². The largest absolute Gasteiger partial charge is 0.375 e. The number of halogens is 1. The van der Waals surface area contributed by atoms with Crippen molar-refractivity contribution in [2.45, 2.75) is 18.6 Å². The fraction of sp³-hybridized carbons (Fsp3) is 0.533. The van der Waals surface area contributed by atoms with Crippen LogP contribution in [-0.2, 0) is 9.84 Å². The van der Waals surface area contributed by atoms with Gasteiger partial charge in [0, 0.05) is 27.2 Å². The number of nitrogens with one attached hydrogen (secondary N) is 1. The van der Waals surface area contributed by atoms with Crippen LogP contribution < -0.4 is 10.2 Å². The lowest BCUT2D eigenvalue weighted by Gasteiger charge is -2.37. The van der Waals surface area contributed by atoms with Crippen molar-refractivity contribution >= 4 is 38.8 Å². The van der Waals surface area contributed by atoms with Crippen LogP contribution in [0, 0.1) is 0 Å². The van der Waals surface area contributed by atoms with Crippen molar-refractivity contribution in [2.75, 3.05) is 43.2 Å². The van der Waals surface area contributed by atoms with E-state index in [4.69, 9.17) is 11.6 Å². The molecule has 0 atom stereocenters. The number of hydrogen-bond donors (Lipinski definition) is 1. The summed E-state index contributed by atoms with van der Waals surface area (Å²) in [6.07, 6.45) is 0.